The van der Waals surface area contributed by atoms with E-state index in [9.17, 15) is 4.79 Å². The minimum absolute atomic E-state index is 0.134. The Kier molecular flexibility index (Phi) is 4.54. The van der Waals surface area contributed by atoms with Gasteiger partial charge < -0.3 is 11.1 Å². The monoisotopic (exact) mass is 238 g/mol. The Bertz CT molecular complexity index is 395. The zero-order chi connectivity index (χ0) is 13.0. The third-order valence-corrected chi connectivity index (χ3v) is 2.70. The van der Waals surface area contributed by atoms with Crippen molar-refractivity contribution in [2.24, 2.45) is 5.92 Å². The number of nitrogens with zero attached hydrogens (tertiary/aromatic N) is 2. The van der Waals surface area contributed by atoms with Gasteiger partial charge in [0.05, 0.1) is 11.4 Å². The van der Waals surface area contributed by atoms with E-state index in [1.165, 1.54) is 0 Å². The van der Waals surface area contributed by atoms with Gasteiger partial charge in [0.15, 0.2) is 0 Å². The van der Waals surface area contributed by atoms with E-state index in [-0.39, 0.29) is 5.91 Å². The quantitative estimate of drug-likeness (QED) is 0.817. The van der Waals surface area contributed by atoms with Crippen LogP contribution in [0.25, 0.3) is 0 Å². The second-order valence-corrected chi connectivity index (χ2v) is 4.60. The summed E-state index contributed by atoms with van der Waals surface area (Å²) in [5, 5.41) is 7.10. The first-order chi connectivity index (χ1) is 7.97. The van der Waals surface area contributed by atoms with E-state index in [1.54, 1.807) is 4.68 Å². The van der Waals surface area contributed by atoms with Gasteiger partial charge in [0.1, 0.15) is 5.69 Å². The van der Waals surface area contributed by atoms with Gasteiger partial charge in [0.2, 0.25) is 0 Å². The van der Waals surface area contributed by atoms with E-state index in [0.717, 1.165) is 6.42 Å². The van der Waals surface area contributed by atoms with Gasteiger partial charge in [-0.25, -0.2) is 0 Å². The molecule has 17 heavy (non-hydrogen) atoms. The number of nitrogen functional groups attached to an aromatic ring is 1. The number of aromatic nitrogens is 2. The number of carbonyl (C=O) groups is 1. The van der Waals surface area contributed by atoms with Crippen molar-refractivity contribution >= 4 is 11.6 Å². The summed E-state index contributed by atoms with van der Waals surface area (Å²) in [5.41, 5.74) is 7.54. The molecule has 0 aliphatic heterocycles. The standard InChI is InChI=1S/C12H22N4O/c1-5-16-11(10(13)9(4)15-16)12(17)14-7-6-8(2)3/h8H,5-7,13H2,1-4H3,(H,14,17). The molecule has 0 saturated heterocycles. The summed E-state index contributed by atoms with van der Waals surface area (Å²) in [5.74, 6) is 0.441. The molecule has 0 radical (unpaired) electrons. The molecule has 5 nitrogen and oxygen atoms in total. The minimum atomic E-state index is -0.134. The molecule has 96 valence electrons. The Morgan fingerprint density at radius 2 is 2.18 bits per heavy atom. The molecule has 1 rings (SSSR count). The number of rotatable bonds is 5. The van der Waals surface area contributed by atoms with Gasteiger partial charge in [-0.3, -0.25) is 9.48 Å². The molecule has 1 aromatic rings. The largest absolute Gasteiger partial charge is 0.395 e. The van der Waals surface area contributed by atoms with Crippen molar-refractivity contribution in [1.29, 1.82) is 0 Å². The van der Waals surface area contributed by atoms with Crippen molar-refractivity contribution in [2.75, 3.05) is 12.3 Å². The number of anilines is 1. The summed E-state index contributed by atoms with van der Waals surface area (Å²) in [6.45, 7) is 9.32. The van der Waals surface area contributed by atoms with Crippen LogP contribution in [0.15, 0.2) is 0 Å². The smallest absolute Gasteiger partial charge is 0.271 e. The lowest BCUT2D eigenvalue weighted by Crippen LogP contribution is -2.28. The highest BCUT2D eigenvalue weighted by atomic mass is 16.2. The molecule has 5 heteroatoms. The maximum atomic E-state index is 12.0. The van der Waals surface area contributed by atoms with Crippen LogP contribution in [-0.2, 0) is 6.54 Å². The van der Waals surface area contributed by atoms with Crippen LogP contribution < -0.4 is 11.1 Å². The van der Waals surface area contributed by atoms with E-state index in [0.29, 0.717) is 36.1 Å². The maximum Gasteiger partial charge on any atom is 0.271 e. The van der Waals surface area contributed by atoms with Gasteiger partial charge in [0.25, 0.3) is 5.91 Å². The minimum Gasteiger partial charge on any atom is -0.395 e. The van der Waals surface area contributed by atoms with Crippen LogP contribution in [0, 0.1) is 12.8 Å². The Balaban J connectivity index is 2.74. The van der Waals surface area contributed by atoms with Crippen LogP contribution in [-0.4, -0.2) is 22.2 Å². The van der Waals surface area contributed by atoms with E-state index in [4.69, 9.17) is 5.73 Å². The zero-order valence-corrected chi connectivity index (χ0v) is 11.1. The van der Waals surface area contributed by atoms with Crippen molar-refractivity contribution in [3.05, 3.63) is 11.4 Å². The fraction of sp³-hybridized carbons (Fsp3) is 0.667. The summed E-state index contributed by atoms with van der Waals surface area (Å²) >= 11 is 0. The molecule has 1 aromatic heterocycles. The van der Waals surface area contributed by atoms with Crippen LogP contribution in [0.1, 0.15) is 43.4 Å². The first kappa shape index (κ1) is 13.5. The number of hydrogen-bond acceptors (Lipinski definition) is 3. The number of nitrogens with two attached hydrogens (primary N) is 1. The first-order valence-corrected chi connectivity index (χ1v) is 6.08. The normalized spacial score (nSPS) is 10.9. The molecule has 0 spiro atoms. The molecule has 0 bridgehead atoms. The van der Waals surface area contributed by atoms with Gasteiger partial charge in [-0.15, -0.1) is 0 Å². The molecule has 0 aliphatic rings. The van der Waals surface area contributed by atoms with Crippen molar-refractivity contribution < 1.29 is 4.79 Å². The molecule has 1 heterocycles. The van der Waals surface area contributed by atoms with Gasteiger partial charge in [0, 0.05) is 13.1 Å². The van der Waals surface area contributed by atoms with Crippen molar-refractivity contribution in [3.63, 3.8) is 0 Å². The molecular weight excluding hydrogens is 216 g/mol. The summed E-state index contributed by atoms with van der Waals surface area (Å²) in [6.07, 6.45) is 0.963. The Labute approximate surface area is 102 Å². The highest BCUT2D eigenvalue weighted by Gasteiger charge is 2.18. The van der Waals surface area contributed by atoms with Crippen LogP contribution in [0.3, 0.4) is 0 Å². The topological polar surface area (TPSA) is 72.9 Å². The third-order valence-electron chi connectivity index (χ3n) is 2.70. The van der Waals surface area contributed by atoms with Gasteiger partial charge >= 0.3 is 0 Å². The number of aryl methyl sites for hydroxylation is 2. The second kappa shape index (κ2) is 5.70. The lowest BCUT2D eigenvalue weighted by molar-refractivity contribution is 0.0942. The van der Waals surface area contributed by atoms with Crippen LogP contribution in [0.2, 0.25) is 0 Å². The SMILES string of the molecule is CCn1nc(C)c(N)c1C(=O)NCCC(C)C. The highest BCUT2D eigenvalue weighted by molar-refractivity contribution is 5.97. The number of hydrogen-bond donors (Lipinski definition) is 2. The summed E-state index contributed by atoms with van der Waals surface area (Å²) in [7, 11) is 0. The molecule has 0 aliphatic carbocycles. The van der Waals surface area contributed by atoms with E-state index >= 15 is 0 Å². The molecular formula is C12H22N4O. The van der Waals surface area contributed by atoms with Crippen LogP contribution in [0.5, 0.6) is 0 Å². The van der Waals surface area contributed by atoms with Gasteiger partial charge in [-0.1, -0.05) is 13.8 Å². The highest BCUT2D eigenvalue weighted by Crippen LogP contribution is 2.16. The third kappa shape index (κ3) is 3.22. The van der Waals surface area contributed by atoms with Crippen LogP contribution in [0.4, 0.5) is 5.69 Å². The van der Waals surface area contributed by atoms with E-state index in [2.05, 4.69) is 24.3 Å². The molecule has 0 aromatic carbocycles. The maximum absolute atomic E-state index is 12.0. The number of nitrogens with one attached hydrogen (secondary N) is 1. The van der Waals surface area contributed by atoms with Gasteiger partial charge in [-0.2, -0.15) is 5.10 Å². The predicted octanol–water partition coefficient (Wildman–Crippen LogP) is 1.57. The Morgan fingerprint density at radius 1 is 1.53 bits per heavy atom. The lowest BCUT2D eigenvalue weighted by atomic mass is 10.1. The zero-order valence-electron chi connectivity index (χ0n) is 11.1. The van der Waals surface area contributed by atoms with E-state index in [1.807, 2.05) is 13.8 Å². The predicted molar refractivity (Wildman–Crippen MR) is 68.8 cm³/mol. The van der Waals surface area contributed by atoms with Crippen LogP contribution >= 0.6 is 0 Å². The number of carbonyl (C=O) groups excluding carboxylic acids is 1. The van der Waals surface area contributed by atoms with Gasteiger partial charge in [-0.05, 0) is 26.2 Å². The number of amides is 1. The molecule has 0 unspecified atom stereocenters. The van der Waals surface area contributed by atoms with Crippen molar-refractivity contribution in [3.8, 4) is 0 Å². The molecule has 0 atom stereocenters. The molecule has 0 saturated carbocycles. The fourth-order valence-electron chi connectivity index (χ4n) is 1.62. The van der Waals surface area contributed by atoms with E-state index < -0.39 is 0 Å². The average Bonchev–Trinajstić information content (AvgIpc) is 2.54. The summed E-state index contributed by atoms with van der Waals surface area (Å²) in [6, 6.07) is 0. The molecule has 3 N–H and O–H groups in total. The fourth-order valence-corrected chi connectivity index (χ4v) is 1.62. The summed E-state index contributed by atoms with van der Waals surface area (Å²) in [4.78, 5) is 12.0. The molecule has 1 amide bonds. The second-order valence-electron chi connectivity index (χ2n) is 4.60. The Hall–Kier alpha value is -1.52. The first-order valence-electron chi connectivity index (χ1n) is 6.08. The Morgan fingerprint density at radius 3 is 2.71 bits per heavy atom. The van der Waals surface area contributed by atoms with Crippen molar-refractivity contribution in [2.45, 2.75) is 40.7 Å². The average molecular weight is 238 g/mol. The van der Waals surface area contributed by atoms with Crippen molar-refractivity contribution in [1.82, 2.24) is 15.1 Å². The lowest BCUT2D eigenvalue weighted by Gasteiger charge is -2.08. The summed E-state index contributed by atoms with van der Waals surface area (Å²) < 4.78 is 1.65. The molecule has 0 fully saturated rings.